The number of rotatable bonds is 8. The Morgan fingerprint density at radius 3 is 2.43 bits per heavy atom. The van der Waals surface area contributed by atoms with Crippen molar-refractivity contribution in [1.82, 2.24) is 20.0 Å². The minimum absolute atomic E-state index is 0.0429. The van der Waals surface area contributed by atoms with E-state index in [0.29, 0.717) is 27.9 Å². The molecule has 1 N–H and O–H groups in total. The van der Waals surface area contributed by atoms with Crippen LogP contribution in [0.2, 0.25) is 5.02 Å². The number of aliphatic carboxylic acids is 1. The smallest absolute Gasteiger partial charge is 0.481 e. The molecule has 0 aliphatic heterocycles. The van der Waals surface area contributed by atoms with Gasteiger partial charge in [0.2, 0.25) is 12.1 Å². The predicted molar refractivity (Wildman–Crippen MR) is 123 cm³/mol. The normalized spacial score (nSPS) is 12.3. The zero-order chi connectivity index (χ0) is 25.9. The summed E-state index contributed by atoms with van der Waals surface area (Å²) >= 11 is 5.97. The van der Waals surface area contributed by atoms with Crippen molar-refractivity contribution in [1.29, 1.82) is 5.26 Å². The summed E-state index contributed by atoms with van der Waals surface area (Å²) in [5.41, 5.74) is -0.132. The Labute approximate surface area is 206 Å². The monoisotopic (exact) mass is 501 g/mol. The number of benzene rings is 1. The molecule has 0 aliphatic rings. The van der Waals surface area contributed by atoms with Gasteiger partial charge in [0.1, 0.15) is 24.1 Å². The van der Waals surface area contributed by atoms with Crippen LogP contribution in [0.25, 0.3) is 22.8 Å². The first-order valence-corrected chi connectivity index (χ1v) is 11.0. The standard InChI is InChI=1S/C23H24ClN5O6/c1-12(2)19-18(26-20(35-19)14-6-8-15(24)9-7-14)17-16(10-25)27-29(28-17)13(3)34-22(32)33-11-23(4,5)21(30)31/h6-9,12-13H,11H2,1-5H3,(H,30,31). The van der Waals surface area contributed by atoms with Gasteiger partial charge < -0.3 is 19.0 Å². The zero-order valence-electron chi connectivity index (χ0n) is 19.8. The van der Waals surface area contributed by atoms with E-state index in [4.69, 9.17) is 30.6 Å². The Morgan fingerprint density at radius 1 is 1.20 bits per heavy atom. The van der Waals surface area contributed by atoms with Crippen LogP contribution in [0.3, 0.4) is 0 Å². The van der Waals surface area contributed by atoms with Gasteiger partial charge in [-0.25, -0.2) is 9.78 Å². The van der Waals surface area contributed by atoms with Gasteiger partial charge in [0.15, 0.2) is 11.4 Å². The Bertz CT molecular complexity index is 1270. The molecule has 11 nitrogen and oxygen atoms in total. The largest absolute Gasteiger partial charge is 0.510 e. The Morgan fingerprint density at radius 2 is 1.86 bits per heavy atom. The van der Waals surface area contributed by atoms with E-state index in [0.717, 1.165) is 4.80 Å². The van der Waals surface area contributed by atoms with Crippen molar-refractivity contribution in [2.45, 2.75) is 46.8 Å². The van der Waals surface area contributed by atoms with E-state index in [1.165, 1.54) is 20.8 Å². The van der Waals surface area contributed by atoms with E-state index < -0.39 is 23.8 Å². The molecule has 0 aliphatic carbocycles. The summed E-state index contributed by atoms with van der Waals surface area (Å²) in [4.78, 5) is 28.8. The fourth-order valence-corrected chi connectivity index (χ4v) is 2.98. The first kappa shape index (κ1) is 25.7. The van der Waals surface area contributed by atoms with Crippen LogP contribution < -0.4 is 0 Å². The van der Waals surface area contributed by atoms with E-state index in [-0.39, 0.29) is 23.9 Å². The lowest BCUT2D eigenvalue weighted by atomic mass is 9.95. The van der Waals surface area contributed by atoms with Crippen molar-refractivity contribution in [3.05, 3.63) is 40.7 Å². The van der Waals surface area contributed by atoms with Crippen molar-refractivity contribution >= 4 is 23.7 Å². The Kier molecular flexibility index (Phi) is 7.45. The first-order chi connectivity index (χ1) is 16.4. The molecule has 0 amide bonds. The molecule has 0 saturated heterocycles. The number of nitriles is 1. The van der Waals surface area contributed by atoms with Crippen LogP contribution in [0.5, 0.6) is 0 Å². The molecule has 3 aromatic rings. The lowest BCUT2D eigenvalue weighted by Crippen LogP contribution is -2.31. The molecule has 184 valence electrons. The zero-order valence-corrected chi connectivity index (χ0v) is 20.5. The second-order valence-electron chi connectivity index (χ2n) is 8.67. The number of halogens is 1. The summed E-state index contributed by atoms with van der Waals surface area (Å²) in [7, 11) is 0. The predicted octanol–water partition coefficient (Wildman–Crippen LogP) is 5.03. The van der Waals surface area contributed by atoms with E-state index in [9.17, 15) is 14.9 Å². The highest BCUT2D eigenvalue weighted by Crippen LogP contribution is 2.34. The van der Waals surface area contributed by atoms with Gasteiger partial charge in [-0.1, -0.05) is 25.4 Å². The Hall–Kier alpha value is -3.91. The molecule has 2 aromatic heterocycles. The average molecular weight is 502 g/mol. The van der Waals surface area contributed by atoms with Gasteiger partial charge in [-0.15, -0.1) is 15.0 Å². The van der Waals surface area contributed by atoms with Crippen LogP contribution in [0.1, 0.15) is 58.2 Å². The highest BCUT2D eigenvalue weighted by molar-refractivity contribution is 6.30. The van der Waals surface area contributed by atoms with E-state index in [1.54, 1.807) is 24.3 Å². The summed E-state index contributed by atoms with van der Waals surface area (Å²) in [5.74, 6) is -0.381. The van der Waals surface area contributed by atoms with E-state index >= 15 is 0 Å². The van der Waals surface area contributed by atoms with Crippen LogP contribution in [0, 0.1) is 16.7 Å². The number of carboxylic acids is 1. The maximum atomic E-state index is 12.0. The van der Waals surface area contributed by atoms with Crippen LogP contribution in [0.15, 0.2) is 28.7 Å². The highest BCUT2D eigenvalue weighted by atomic mass is 35.5. The quantitative estimate of drug-likeness (QED) is 0.415. The van der Waals surface area contributed by atoms with Gasteiger partial charge in [-0.3, -0.25) is 4.79 Å². The molecule has 0 saturated carbocycles. The molecule has 1 atom stereocenters. The molecule has 12 heteroatoms. The summed E-state index contributed by atoms with van der Waals surface area (Å²) in [6.45, 7) is 7.72. The topological polar surface area (TPSA) is 153 Å². The van der Waals surface area contributed by atoms with Gasteiger partial charge >= 0.3 is 12.1 Å². The third kappa shape index (κ3) is 5.78. The summed E-state index contributed by atoms with van der Waals surface area (Å²) in [5, 5.41) is 27.8. The number of ether oxygens (including phenoxy) is 2. The molecule has 0 spiro atoms. The van der Waals surface area contributed by atoms with Crippen LogP contribution in [-0.4, -0.2) is 43.8 Å². The second kappa shape index (κ2) is 10.1. The molecule has 0 bridgehead atoms. The highest BCUT2D eigenvalue weighted by Gasteiger charge is 2.30. The third-order valence-corrected chi connectivity index (χ3v) is 5.20. The van der Waals surface area contributed by atoms with Gasteiger partial charge in [-0.05, 0) is 45.0 Å². The average Bonchev–Trinajstić information content (AvgIpc) is 3.43. The minimum atomic E-state index is -1.28. The molecular formula is C23H24ClN5O6. The van der Waals surface area contributed by atoms with Crippen LogP contribution in [0.4, 0.5) is 4.79 Å². The second-order valence-corrected chi connectivity index (χ2v) is 9.10. The van der Waals surface area contributed by atoms with Crippen LogP contribution >= 0.6 is 11.6 Å². The maximum absolute atomic E-state index is 12.0. The molecule has 0 radical (unpaired) electrons. The van der Waals surface area contributed by atoms with E-state index in [2.05, 4.69) is 15.2 Å². The maximum Gasteiger partial charge on any atom is 0.510 e. The van der Waals surface area contributed by atoms with Crippen molar-refractivity contribution < 1.29 is 28.6 Å². The molecule has 0 fully saturated rings. The van der Waals surface area contributed by atoms with Crippen molar-refractivity contribution in [3.63, 3.8) is 0 Å². The van der Waals surface area contributed by atoms with Gasteiger partial charge in [0.05, 0.1) is 5.41 Å². The number of hydrogen-bond acceptors (Lipinski definition) is 9. The third-order valence-electron chi connectivity index (χ3n) is 4.95. The Balaban J connectivity index is 1.87. The number of carboxylic acid groups (broad SMARTS) is 1. The summed E-state index contributed by atoms with van der Waals surface area (Å²) < 4.78 is 16.0. The number of aromatic nitrogens is 4. The number of nitrogens with zero attached hydrogens (tertiary/aromatic N) is 5. The minimum Gasteiger partial charge on any atom is -0.481 e. The fourth-order valence-electron chi connectivity index (χ4n) is 2.85. The molecular weight excluding hydrogens is 478 g/mol. The van der Waals surface area contributed by atoms with Gasteiger partial charge in [0.25, 0.3) is 0 Å². The van der Waals surface area contributed by atoms with Gasteiger partial charge in [-0.2, -0.15) is 5.26 Å². The van der Waals surface area contributed by atoms with Crippen molar-refractivity contribution in [2.24, 2.45) is 5.41 Å². The molecule has 2 heterocycles. The summed E-state index contributed by atoms with van der Waals surface area (Å²) in [6, 6.07) is 8.92. The number of carbonyl (C=O) groups is 2. The number of carbonyl (C=O) groups excluding carboxylic acids is 1. The van der Waals surface area contributed by atoms with E-state index in [1.807, 2.05) is 19.9 Å². The summed E-state index contributed by atoms with van der Waals surface area (Å²) in [6.07, 6.45) is -2.15. The number of hydrogen-bond donors (Lipinski definition) is 1. The lowest BCUT2D eigenvalue weighted by molar-refractivity contribution is -0.149. The fraction of sp³-hybridized carbons (Fsp3) is 0.391. The molecule has 35 heavy (non-hydrogen) atoms. The first-order valence-electron chi connectivity index (χ1n) is 10.6. The number of oxazole rings is 1. The molecule has 3 rings (SSSR count). The molecule has 1 aromatic carbocycles. The van der Waals surface area contributed by atoms with Gasteiger partial charge in [0, 0.05) is 16.5 Å². The SMILES string of the molecule is CC(C)c1oc(-c2ccc(Cl)cc2)nc1-c1nn(C(C)OC(=O)OCC(C)(C)C(=O)O)nc1C#N. The lowest BCUT2D eigenvalue weighted by Gasteiger charge is -2.19. The molecule has 1 unspecified atom stereocenters. The van der Waals surface area contributed by atoms with Crippen molar-refractivity contribution in [2.75, 3.05) is 6.61 Å². The van der Waals surface area contributed by atoms with Crippen molar-refractivity contribution in [3.8, 4) is 28.9 Å². The van der Waals surface area contributed by atoms with Crippen LogP contribution in [-0.2, 0) is 14.3 Å².